The Balaban J connectivity index is 1.36. The molecule has 0 saturated carbocycles. The Bertz CT molecular complexity index is 1130. The highest BCUT2D eigenvalue weighted by Gasteiger charge is 2.35. The number of methoxy groups -OCH3 is 1. The number of ether oxygens (including phenoxy) is 1. The first-order valence-corrected chi connectivity index (χ1v) is 10.7. The molecular weight excluding hydrogens is 406 g/mol. The zero-order valence-electron chi connectivity index (χ0n) is 18.5. The van der Waals surface area contributed by atoms with E-state index < -0.39 is 0 Å². The largest absolute Gasteiger partial charge is 0.497 e. The quantitative estimate of drug-likeness (QED) is 0.619. The maximum atomic E-state index is 12.7. The van der Waals surface area contributed by atoms with E-state index in [2.05, 4.69) is 15.4 Å². The van der Waals surface area contributed by atoms with Gasteiger partial charge in [-0.2, -0.15) is 5.10 Å². The van der Waals surface area contributed by atoms with E-state index in [1.165, 1.54) is 0 Å². The zero-order chi connectivity index (χ0) is 22.7. The normalized spacial score (nSPS) is 15.8. The van der Waals surface area contributed by atoms with Crippen molar-refractivity contribution in [2.45, 2.75) is 26.7 Å². The van der Waals surface area contributed by atoms with E-state index in [1.807, 2.05) is 61.0 Å². The lowest BCUT2D eigenvalue weighted by Crippen LogP contribution is -2.34. The van der Waals surface area contributed by atoms with E-state index in [0.717, 1.165) is 28.5 Å². The van der Waals surface area contributed by atoms with E-state index in [4.69, 9.17) is 4.74 Å². The van der Waals surface area contributed by atoms with Gasteiger partial charge in [-0.05, 0) is 50.1 Å². The van der Waals surface area contributed by atoms with E-state index >= 15 is 0 Å². The number of carbonyl (C=O) groups is 2. The number of benzene rings is 1. The van der Waals surface area contributed by atoms with Gasteiger partial charge in [0.2, 0.25) is 11.8 Å². The summed E-state index contributed by atoms with van der Waals surface area (Å²) in [5.41, 5.74) is 3.77. The van der Waals surface area contributed by atoms with Crippen LogP contribution in [0.15, 0.2) is 48.7 Å². The molecule has 32 heavy (non-hydrogen) atoms. The average Bonchev–Trinajstić information content (AvgIpc) is 3.34. The monoisotopic (exact) mass is 433 g/mol. The molecule has 1 unspecified atom stereocenters. The van der Waals surface area contributed by atoms with E-state index in [1.54, 1.807) is 18.2 Å². The van der Waals surface area contributed by atoms with Crippen molar-refractivity contribution >= 4 is 17.5 Å². The SMILES string of the molecule is COc1cccc(N2CC(C(=O)NCCc3c(C)nn(-c4ccccn4)c3C)CC2=O)c1. The predicted octanol–water partition coefficient (Wildman–Crippen LogP) is 2.60. The maximum absolute atomic E-state index is 12.7. The van der Waals surface area contributed by atoms with Gasteiger partial charge < -0.3 is 15.0 Å². The highest BCUT2D eigenvalue weighted by Crippen LogP contribution is 2.28. The van der Waals surface area contributed by atoms with Gasteiger partial charge in [-0.3, -0.25) is 9.59 Å². The Morgan fingerprint density at radius 2 is 2.06 bits per heavy atom. The van der Waals surface area contributed by atoms with Crippen molar-refractivity contribution in [3.8, 4) is 11.6 Å². The first-order chi connectivity index (χ1) is 15.5. The fourth-order valence-corrected chi connectivity index (χ4v) is 4.11. The molecule has 1 N–H and O–H groups in total. The number of rotatable bonds is 7. The molecule has 1 aromatic carbocycles. The van der Waals surface area contributed by atoms with E-state index in [-0.39, 0.29) is 24.2 Å². The van der Waals surface area contributed by atoms with Crippen molar-refractivity contribution in [2.24, 2.45) is 5.92 Å². The molecule has 2 aromatic heterocycles. The van der Waals surface area contributed by atoms with Crippen LogP contribution < -0.4 is 15.0 Å². The second-order valence-corrected chi connectivity index (χ2v) is 7.90. The fraction of sp³-hybridized carbons (Fsp3) is 0.333. The number of pyridine rings is 1. The topological polar surface area (TPSA) is 89.3 Å². The summed E-state index contributed by atoms with van der Waals surface area (Å²) in [5, 5.41) is 7.60. The molecule has 2 amide bonds. The van der Waals surface area contributed by atoms with Gasteiger partial charge in [0.15, 0.2) is 5.82 Å². The van der Waals surface area contributed by atoms with Gasteiger partial charge in [-0.1, -0.05) is 12.1 Å². The Labute approximate surface area is 187 Å². The number of aromatic nitrogens is 3. The molecule has 3 aromatic rings. The van der Waals surface area contributed by atoms with Crippen molar-refractivity contribution in [3.63, 3.8) is 0 Å². The van der Waals surface area contributed by atoms with Gasteiger partial charge in [0.25, 0.3) is 0 Å². The average molecular weight is 434 g/mol. The Hall–Kier alpha value is -3.68. The molecule has 4 rings (SSSR count). The highest BCUT2D eigenvalue weighted by atomic mass is 16.5. The number of anilines is 1. The molecular formula is C24H27N5O3. The third-order valence-electron chi connectivity index (χ3n) is 5.84. The summed E-state index contributed by atoms with van der Waals surface area (Å²) in [6, 6.07) is 13.0. The van der Waals surface area contributed by atoms with Crippen molar-refractivity contribution in [2.75, 3.05) is 25.1 Å². The molecule has 0 aliphatic carbocycles. The van der Waals surface area contributed by atoms with Crippen molar-refractivity contribution in [1.82, 2.24) is 20.1 Å². The van der Waals surface area contributed by atoms with Gasteiger partial charge in [-0.25, -0.2) is 9.67 Å². The molecule has 8 heteroatoms. The lowest BCUT2D eigenvalue weighted by Gasteiger charge is -2.17. The minimum absolute atomic E-state index is 0.0540. The number of nitrogens with one attached hydrogen (secondary N) is 1. The summed E-state index contributed by atoms with van der Waals surface area (Å²) in [7, 11) is 1.59. The first-order valence-electron chi connectivity index (χ1n) is 10.7. The third kappa shape index (κ3) is 4.34. The third-order valence-corrected chi connectivity index (χ3v) is 5.84. The minimum Gasteiger partial charge on any atom is -0.497 e. The number of hydrogen-bond acceptors (Lipinski definition) is 5. The molecule has 1 fully saturated rings. The molecule has 3 heterocycles. The molecule has 1 aliphatic rings. The molecule has 1 aliphatic heterocycles. The molecule has 0 bridgehead atoms. The summed E-state index contributed by atoms with van der Waals surface area (Å²) < 4.78 is 7.07. The Morgan fingerprint density at radius 1 is 1.22 bits per heavy atom. The van der Waals surface area contributed by atoms with Crippen molar-refractivity contribution in [1.29, 1.82) is 0 Å². The zero-order valence-corrected chi connectivity index (χ0v) is 18.5. The van der Waals surface area contributed by atoms with E-state index in [0.29, 0.717) is 25.3 Å². The second-order valence-electron chi connectivity index (χ2n) is 7.90. The van der Waals surface area contributed by atoms with Crippen LogP contribution in [0.3, 0.4) is 0 Å². The molecule has 8 nitrogen and oxygen atoms in total. The van der Waals surface area contributed by atoms with Crippen LogP contribution in [-0.2, 0) is 16.0 Å². The van der Waals surface area contributed by atoms with Crippen molar-refractivity contribution in [3.05, 3.63) is 65.6 Å². The lowest BCUT2D eigenvalue weighted by atomic mass is 10.1. The molecule has 166 valence electrons. The maximum Gasteiger partial charge on any atom is 0.227 e. The number of nitrogens with zero attached hydrogens (tertiary/aromatic N) is 4. The summed E-state index contributed by atoms with van der Waals surface area (Å²) >= 11 is 0. The number of amides is 2. The van der Waals surface area contributed by atoms with Gasteiger partial charge in [0.05, 0.1) is 18.7 Å². The summed E-state index contributed by atoms with van der Waals surface area (Å²) in [5.74, 6) is 0.927. The van der Waals surface area contributed by atoms with Crippen LogP contribution in [0.4, 0.5) is 5.69 Å². The standard InChI is InChI=1S/C24H27N5O3/c1-16-21(17(2)29(27-16)22-9-4-5-11-25-22)10-12-26-24(31)18-13-23(30)28(15-18)19-7-6-8-20(14-19)32-3/h4-9,11,14,18H,10,12-13,15H2,1-3H3,(H,26,31). The Kier molecular flexibility index (Phi) is 6.20. The summed E-state index contributed by atoms with van der Waals surface area (Å²) in [4.78, 5) is 31.2. The fourth-order valence-electron chi connectivity index (χ4n) is 4.11. The smallest absolute Gasteiger partial charge is 0.227 e. The predicted molar refractivity (Wildman–Crippen MR) is 121 cm³/mol. The van der Waals surface area contributed by atoms with Crippen LogP contribution in [0.1, 0.15) is 23.4 Å². The number of aryl methyl sites for hydroxylation is 1. The van der Waals surface area contributed by atoms with Crippen LogP contribution >= 0.6 is 0 Å². The number of carbonyl (C=O) groups excluding carboxylic acids is 2. The van der Waals surface area contributed by atoms with Crippen LogP contribution in [0, 0.1) is 19.8 Å². The highest BCUT2D eigenvalue weighted by molar-refractivity contribution is 6.00. The lowest BCUT2D eigenvalue weighted by molar-refractivity contribution is -0.126. The Morgan fingerprint density at radius 3 is 2.81 bits per heavy atom. The van der Waals surface area contributed by atoms with E-state index in [9.17, 15) is 9.59 Å². The molecule has 0 radical (unpaired) electrons. The molecule has 1 atom stereocenters. The van der Waals surface area contributed by atoms with Crippen LogP contribution in [0.25, 0.3) is 5.82 Å². The molecule has 0 spiro atoms. The molecule has 1 saturated heterocycles. The van der Waals surface area contributed by atoms with Gasteiger partial charge in [-0.15, -0.1) is 0 Å². The second kappa shape index (κ2) is 9.21. The van der Waals surface area contributed by atoms with Crippen LogP contribution in [-0.4, -0.2) is 46.8 Å². The van der Waals surface area contributed by atoms with Gasteiger partial charge in [0.1, 0.15) is 5.75 Å². The van der Waals surface area contributed by atoms with Gasteiger partial charge >= 0.3 is 0 Å². The minimum atomic E-state index is -0.368. The van der Waals surface area contributed by atoms with Gasteiger partial charge in [0, 0.05) is 43.2 Å². The summed E-state index contributed by atoms with van der Waals surface area (Å²) in [6.45, 7) is 4.82. The van der Waals surface area contributed by atoms with Crippen molar-refractivity contribution < 1.29 is 14.3 Å². The number of hydrogen-bond donors (Lipinski definition) is 1. The first kappa shape index (κ1) is 21.5. The van der Waals surface area contributed by atoms with Crippen LogP contribution in [0.2, 0.25) is 0 Å². The summed E-state index contributed by atoms with van der Waals surface area (Å²) in [6.07, 6.45) is 2.61. The van der Waals surface area contributed by atoms with Crippen LogP contribution in [0.5, 0.6) is 5.75 Å².